The van der Waals surface area contributed by atoms with Crippen LogP contribution >= 0.6 is 0 Å². The van der Waals surface area contributed by atoms with Crippen molar-refractivity contribution in [3.05, 3.63) is 23.8 Å². The monoisotopic (exact) mass is 266 g/mol. The lowest BCUT2D eigenvalue weighted by Crippen LogP contribution is -2.11. The van der Waals surface area contributed by atoms with Gasteiger partial charge in [0.1, 0.15) is 17.1 Å². The summed E-state index contributed by atoms with van der Waals surface area (Å²) in [5.41, 5.74) is 0.0907. The van der Waals surface area contributed by atoms with E-state index in [-0.39, 0.29) is 23.7 Å². The number of benzene rings is 1. The fourth-order valence-corrected chi connectivity index (χ4v) is 1.35. The molecule has 0 aliphatic heterocycles. The Balaban J connectivity index is 3.12. The van der Waals surface area contributed by atoms with Crippen LogP contribution in [-0.2, 0) is 14.3 Å². The number of rotatable bonds is 4. The molecule has 0 heterocycles. The lowest BCUT2D eigenvalue weighted by Gasteiger charge is -2.10. The van der Waals surface area contributed by atoms with Gasteiger partial charge in [0.25, 0.3) is 0 Å². The molecule has 0 aliphatic rings. The van der Waals surface area contributed by atoms with E-state index in [2.05, 4.69) is 0 Å². The van der Waals surface area contributed by atoms with E-state index >= 15 is 0 Å². The van der Waals surface area contributed by atoms with E-state index in [9.17, 15) is 14.4 Å². The van der Waals surface area contributed by atoms with Gasteiger partial charge in [-0.05, 0) is 19.1 Å². The second-order valence-electron chi connectivity index (χ2n) is 3.57. The van der Waals surface area contributed by atoms with Gasteiger partial charge in [-0.15, -0.1) is 0 Å². The van der Waals surface area contributed by atoms with Crippen molar-refractivity contribution in [3.63, 3.8) is 0 Å². The van der Waals surface area contributed by atoms with Crippen molar-refractivity contribution in [2.24, 2.45) is 0 Å². The molecule has 0 amide bonds. The van der Waals surface area contributed by atoms with E-state index in [1.807, 2.05) is 0 Å². The van der Waals surface area contributed by atoms with E-state index in [0.29, 0.717) is 0 Å². The highest BCUT2D eigenvalue weighted by Gasteiger charge is 2.16. The predicted octanol–water partition coefficient (Wildman–Crippen LogP) is 1.71. The molecule has 102 valence electrons. The number of esters is 3. The summed E-state index contributed by atoms with van der Waals surface area (Å²) in [6.45, 7) is 4.30. The van der Waals surface area contributed by atoms with Gasteiger partial charge >= 0.3 is 17.9 Å². The molecule has 1 rings (SSSR count). The zero-order chi connectivity index (χ0) is 14.4. The van der Waals surface area contributed by atoms with E-state index in [4.69, 9.17) is 14.2 Å². The van der Waals surface area contributed by atoms with E-state index in [1.165, 1.54) is 32.0 Å². The Kier molecular flexibility index (Phi) is 5.05. The van der Waals surface area contributed by atoms with Gasteiger partial charge in [-0.1, -0.05) is 0 Å². The Morgan fingerprint density at radius 1 is 1.05 bits per heavy atom. The van der Waals surface area contributed by atoms with Gasteiger partial charge < -0.3 is 14.2 Å². The van der Waals surface area contributed by atoms with Crippen LogP contribution in [-0.4, -0.2) is 24.5 Å². The zero-order valence-electron chi connectivity index (χ0n) is 10.9. The second-order valence-corrected chi connectivity index (χ2v) is 3.57. The number of ether oxygens (including phenoxy) is 3. The van der Waals surface area contributed by atoms with Crippen LogP contribution < -0.4 is 9.47 Å². The molecule has 6 nitrogen and oxygen atoms in total. The van der Waals surface area contributed by atoms with Crippen molar-refractivity contribution in [1.29, 1.82) is 0 Å². The van der Waals surface area contributed by atoms with Crippen molar-refractivity contribution >= 4 is 17.9 Å². The Morgan fingerprint density at radius 2 is 1.68 bits per heavy atom. The van der Waals surface area contributed by atoms with Gasteiger partial charge in [-0.3, -0.25) is 9.59 Å². The molecule has 0 unspecified atom stereocenters. The molecule has 1 aromatic carbocycles. The molecule has 1 aromatic rings. The van der Waals surface area contributed by atoms with Crippen LogP contribution in [0.2, 0.25) is 0 Å². The number of carbonyl (C=O) groups excluding carboxylic acids is 3. The van der Waals surface area contributed by atoms with Crippen LogP contribution in [0, 0.1) is 0 Å². The molecule has 0 aliphatic carbocycles. The van der Waals surface area contributed by atoms with Gasteiger partial charge in [0.05, 0.1) is 6.61 Å². The highest BCUT2D eigenvalue weighted by molar-refractivity contribution is 5.93. The lowest BCUT2D eigenvalue weighted by atomic mass is 10.2. The third-order valence-corrected chi connectivity index (χ3v) is 1.96. The number of hydrogen-bond acceptors (Lipinski definition) is 6. The van der Waals surface area contributed by atoms with Crippen molar-refractivity contribution in [3.8, 4) is 11.5 Å². The summed E-state index contributed by atoms with van der Waals surface area (Å²) in [6, 6.07) is 4.07. The minimum Gasteiger partial charge on any atom is -0.462 e. The van der Waals surface area contributed by atoms with Gasteiger partial charge in [0, 0.05) is 19.9 Å². The first-order valence-electron chi connectivity index (χ1n) is 5.62. The smallest absolute Gasteiger partial charge is 0.341 e. The van der Waals surface area contributed by atoms with Gasteiger partial charge in [-0.25, -0.2) is 4.79 Å². The lowest BCUT2D eigenvalue weighted by molar-refractivity contribution is -0.132. The Hall–Kier alpha value is -2.37. The van der Waals surface area contributed by atoms with E-state index in [0.717, 1.165) is 0 Å². The highest BCUT2D eigenvalue weighted by Crippen LogP contribution is 2.26. The largest absolute Gasteiger partial charge is 0.462 e. The van der Waals surface area contributed by atoms with Crippen molar-refractivity contribution in [2.75, 3.05) is 6.61 Å². The van der Waals surface area contributed by atoms with Crippen LogP contribution in [0.1, 0.15) is 31.1 Å². The maximum atomic E-state index is 11.7. The van der Waals surface area contributed by atoms with Crippen molar-refractivity contribution in [1.82, 2.24) is 0 Å². The van der Waals surface area contributed by atoms with E-state index in [1.54, 1.807) is 6.92 Å². The summed E-state index contributed by atoms with van der Waals surface area (Å²) in [6.07, 6.45) is 0. The fraction of sp³-hybridized carbons (Fsp3) is 0.308. The van der Waals surface area contributed by atoms with Crippen molar-refractivity contribution < 1.29 is 28.6 Å². The maximum absolute atomic E-state index is 11.7. The third-order valence-electron chi connectivity index (χ3n) is 1.96. The zero-order valence-corrected chi connectivity index (χ0v) is 10.9. The van der Waals surface area contributed by atoms with Gasteiger partial charge in [-0.2, -0.15) is 0 Å². The minimum absolute atomic E-state index is 0.00954. The summed E-state index contributed by atoms with van der Waals surface area (Å²) in [4.78, 5) is 33.5. The van der Waals surface area contributed by atoms with Crippen LogP contribution in [0.15, 0.2) is 18.2 Å². The number of carbonyl (C=O) groups is 3. The molecular formula is C13H14O6. The Labute approximate surface area is 110 Å². The molecule has 0 saturated carbocycles. The summed E-state index contributed by atoms with van der Waals surface area (Å²) >= 11 is 0. The molecule has 0 radical (unpaired) electrons. The Bertz CT molecular complexity index is 506. The van der Waals surface area contributed by atoms with Crippen LogP contribution in [0.5, 0.6) is 11.5 Å². The first-order chi connectivity index (χ1) is 8.93. The average Bonchev–Trinajstić information content (AvgIpc) is 2.27. The average molecular weight is 266 g/mol. The molecule has 0 bridgehead atoms. The molecule has 0 atom stereocenters. The van der Waals surface area contributed by atoms with Gasteiger partial charge in [0.15, 0.2) is 0 Å². The van der Waals surface area contributed by atoms with E-state index < -0.39 is 17.9 Å². The molecular weight excluding hydrogens is 252 g/mol. The molecule has 0 fully saturated rings. The molecule has 0 aromatic heterocycles. The molecule has 19 heavy (non-hydrogen) atoms. The first-order valence-corrected chi connectivity index (χ1v) is 5.62. The van der Waals surface area contributed by atoms with Crippen LogP contribution in [0.4, 0.5) is 0 Å². The summed E-state index contributed by atoms with van der Waals surface area (Å²) in [5, 5.41) is 0. The van der Waals surface area contributed by atoms with Crippen molar-refractivity contribution in [2.45, 2.75) is 20.8 Å². The molecule has 0 saturated heterocycles. The molecule has 0 N–H and O–H groups in total. The normalized spacial score (nSPS) is 9.63. The van der Waals surface area contributed by atoms with Crippen LogP contribution in [0.3, 0.4) is 0 Å². The van der Waals surface area contributed by atoms with Gasteiger partial charge in [0.2, 0.25) is 0 Å². The SMILES string of the molecule is CCOC(=O)c1ccc(OC(C)=O)cc1OC(C)=O. The Morgan fingerprint density at radius 3 is 2.21 bits per heavy atom. The molecule has 0 spiro atoms. The maximum Gasteiger partial charge on any atom is 0.341 e. The topological polar surface area (TPSA) is 78.9 Å². The highest BCUT2D eigenvalue weighted by atomic mass is 16.6. The predicted molar refractivity (Wildman–Crippen MR) is 65.0 cm³/mol. The summed E-state index contributed by atoms with van der Waals surface area (Å²) in [5.74, 6) is -1.56. The minimum atomic E-state index is -0.617. The second kappa shape index (κ2) is 6.53. The fourth-order valence-electron chi connectivity index (χ4n) is 1.35. The standard InChI is InChI=1S/C13H14O6/c1-4-17-13(16)11-6-5-10(18-8(2)14)7-12(11)19-9(3)15/h5-7H,4H2,1-3H3. The van der Waals surface area contributed by atoms with Crippen LogP contribution in [0.25, 0.3) is 0 Å². The first kappa shape index (κ1) is 14.7. The summed E-state index contributed by atoms with van der Waals surface area (Å²) in [7, 11) is 0. The third kappa shape index (κ3) is 4.42. The number of hydrogen-bond donors (Lipinski definition) is 0. The molecule has 6 heteroatoms. The summed E-state index contributed by atoms with van der Waals surface area (Å²) < 4.78 is 14.6. The quantitative estimate of drug-likeness (QED) is 0.609.